The maximum atomic E-state index is 13.5. The van der Waals surface area contributed by atoms with Gasteiger partial charge in [0.1, 0.15) is 17.4 Å². The lowest BCUT2D eigenvalue weighted by atomic mass is 9.93. The van der Waals surface area contributed by atoms with Gasteiger partial charge in [0, 0.05) is 31.6 Å². The highest BCUT2D eigenvalue weighted by molar-refractivity contribution is 6.25. The Kier molecular flexibility index (Phi) is 14.5. The van der Waals surface area contributed by atoms with Gasteiger partial charge in [-0.15, -0.1) is 0 Å². The van der Waals surface area contributed by atoms with E-state index < -0.39 is 23.9 Å². The van der Waals surface area contributed by atoms with Gasteiger partial charge in [0.2, 0.25) is 0 Å². The first-order valence-electron chi connectivity index (χ1n) is 15.4. The van der Waals surface area contributed by atoms with E-state index in [0.29, 0.717) is 24.0 Å². The van der Waals surface area contributed by atoms with Crippen LogP contribution in [0.25, 0.3) is 11.0 Å². The summed E-state index contributed by atoms with van der Waals surface area (Å²) in [7, 11) is 4.99. The van der Waals surface area contributed by atoms with E-state index in [1.54, 1.807) is 21.3 Å². The number of hydrogen-bond donors (Lipinski definition) is 0. The summed E-state index contributed by atoms with van der Waals surface area (Å²) in [6, 6.07) is 19.0. The monoisotopic (exact) mass is 693 g/mol. The van der Waals surface area contributed by atoms with E-state index >= 15 is 0 Å². The Bertz CT molecular complexity index is 1700. The van der Waals surface area contributed by atoms with Crippen LogP contribution in [0.5, 0.6) is 17.2 Å². The van der Waals surface area contributed by atoms with Crippen LogP contribution in [0.2, 0.25) is 0 Å². The molecule has 1 aliphatic heterocycles. The fourth-order valence-corrected chi connectivity index (χ4v) is 5.36. The van der Waals surface area contributed by atoms with Crippen LogP contribution in [-0.4, -0.2) is 79.3 Å². The van der Waals surface area contributed by atoms with Crippen molar-refractivity contribution in [3.05, 3.63) is 83.4 Å². The number of aromatic nitrogens is 2. The van der Waals surface area contributed by atoms with Crippen molar-refractivity contribution in [3.63, 3.8) is 0 Å². The second-order valence-corrected chi connectivity index (χ2v) is 11.2. The van der Waals surface area contributed by atoms with Gasteiger partial charge in [0.15, 0.2) is 11.5 Å². The molecule has 1 aromatic heterocycles. The quantitative estimate of drug-likeness (QED) is 0.178. The standard InChI is InChI=1S/C31H36FN3O3.2C2H2O4/c1-36-26-10-6-22(7-11-26)12-15-34-16-13-23(14-17-34)18-31-33-27-19-29(37-2)30(38-3)20-28(27)35(31)21-24-4-8-25(32)9-5-24;2*3-1(4)2(5)6/h4-11,19-20,23H,12-18,21H2,1-3H3;2*(H,3,4)(H,5,6)/p-4. The highest BCUT2D eigenvalue weighted by atomic mass is 19.1. The number of carbonyl (C=O) groups is 4. The first kappa shape index (κ1) is 38.7. The number of methoxy groups -OCH3 is 3. The van der Waals surface area contributed by atoms with E-state index in [2.05, 4.69) is 21.6 Å². The second kappa shape index (κ2) is 18.7. The van der Waals surface area contributed by atoms with Crippen molar-refractivity contribution in [2.24, 2.45) is 5.92 Å². The predicted octanol–water partition coefficient (Wildman–Crippen LogP) is -1.28. The summed E-state index contributed by atoms with van der Waals surface area (Å²) in [6.07, 6.45) is 4.25. The molecule has 5 rings (SSSR count). The maximum absolute atomic E-state index is 13.5. The molecule has 0 aliphatic carbocycles. The number of ether oxygens (including phenoxy) is 3. The summed E-state index contributed by atoms with van der Waals surface area (Å²) in [5.41, 5.74) is 4.26. The van der Waals surface area contributed by atoms with Gasteiger partial charge in [0.25, 0.3) is 0 Å². The maximum Gasteiger partial charge on any atom is 0.163 e. The van der Waals surface area contributed by atoms with Crippen molar-refractivity contribution in [2.45, 2.75) is 32.2 Å². The Hall–Kier alpha value is -5.70. The highest BCUT2D eigenvalue weighted by Gasteiger charge is 2.23. The Balaban J connectivity index is 0.000000485. The second-order valence-electron chi connectivity index (χ2n) is 11.2. The largest absolute Gasteiger partial charge is 0.543 e. The van der Waals surface area contributed by atoms with Crippen LogP contribution in [0.1, 0.15) is 29.8 Å². The number of hydrogen-bond acceptors (Lipinski definition) is 13. The van der Waals surface area contributed by atoms with Crippen LogP contribution in [0.15, 0.2) is 60.7 Å². The molecule has 2 heterocycles. The van der Waals surface area contributed by atoms with Crippen molar-refractivity contribution in [1.82, 2.24) is 14.5 Å². The molecule has 15 heteroatoms. The molecule has 0 spiro atoms. The topological polar surface area (TPSA) is 209 Å². The van der Waals surface area contributed by atoms with Gasteiger partial charge in [-0.3, -0.25) is 0 Å². The zero-order valence-corrected chi connectivity index (χ0v) is 27.7. The van der Waals surface area contributed by atoms with Crippen molar-refractivity contribution >= 4 is 34.9 Å². The van der Waals surface area contributed by atoms with Gasteiger partial charge in [-0.2, -0.15) is 0 Å². The molecule has 0 bridgehead atoms. The van der Waals surface area contributed by atoms with Gasteiger partial charge in [-0.25, -0.2) is 9.37 Å². The molecule has 1 saturated heterocycles. The third kappa shape index (κ3) is 11.5. The van der Waals surface area contributed by atoms with Gasteiger partial charge < -0.3 is 63.3 Å². The van der Waals surface area contributed by atoms with E-state index in [9.17, 15) is 4.39 Å². The van der Waals surface area contributed by atoms with Crippen LogP contribution in [-0.2, 0) is 38.6 Å². The third-order valence-electron chi connectivity index (χ3n) is 7.97. The molecule has 0 amide bonds. The molecule has 0 unspecified atom stereocenters. The van der Waals surface area contributed by atoms with E-state index in [1.807, 2.05) is 36.4 Å². The number of imidazole rings is 1. The number of piperidine rings is 1. The number of carbonyl (C=O) groups excluding carboxylic acids is 4. The molecule has 0 atom stereocenters. The lowest BCUT2D eigenvalue weighted by Gasteiger charge is -2.32. The highest BCUT2D eigenvalue weighted by Crippen LogP contribution is 2.34. The van der Waals surface area contributed by atoms with Crippen LogP contribution >= 0.6 is 0 Å². The lowest BCUT2D eigenvalue weighted by Crippen LogP contribution is -2.42. The minimum Gasteiger partial charge on any atom is -0.543 e. The van der Waals surface area contributed by atoms with Crippen LogP contribution < -0.4 is 34.6 Å². The average molecular weight is 694 g/mol. The number of carboxylic acids is 4. The van der Waals surface area contributed by atoms with E-state index in [1.165, 1.54) is 17.7 Å². The average Bonchev–Trinajstić information content (AvgIpc) is 3.43. The molecule has 4 aromatic rings. The van der Waals surface area contributed by atoms with Gasteiger partial charge >= 0.3 is 0 Å². The number of likely N-dealkylation sites (tertiary alicyclic amines) is 1. The van der Waals surface area contributed by atoms with Crippen molar-refractivity contribution < 1.29 is 58.2 Å². The number of aliphatic carboxylic acids is 4. The van der Waals surface area contributed by atoms with Crippen molar-refractivity contribution in [3.8, 4) is 17.2 Å². The number of carboxylic acid groups (broad SMARTS) is 4. The number of benzene rings is 3. The lowest BCUT2D eigenvalue weighted by molar-refractivity contribution is -0.345. The summed E-state index contributed by atoms with van der Waals surface area (Å²) in [5.74, 6) is -5.10. The Labute approximate surface area is 287 Å². The number of fused-ring (bicyclic) bond motifs is 1. The minimum atomic E-state index is -2.19. The molecule has 268 valence electrons. The van der Waals surface area contributed by atoms with Crippen LogP contribution in [0.3, 0.4) is 0 Å². The summed E-state index contributed by atoms with van der Waals surface area (Å²) in [5, 5.41) is 35.7. The van der Waals surface area contributed by atoms with E-state index in [-0.39, 0.29) is 5.82 Å². The molecular formula is C35H36FN3O11-4. The third-order valence-corrected chi connectivity index (χ3v) is 7.97. The fourth-order valence-electron chi connectivity index (χ4n) is 5.36. The SMILES string of the molecule is COc1ccc(CCN2CCC(Cc3nc4cc(OC)c(OC)cc4n3Cc3ccc(F)cc3)CC2)cc1.O=C([O-])C(=O)[O-].O=C([O-])C(=O)[O-]. The van der Waals surface area contributed by atoms with E-state index in [4.69, 9.17) is 58.8 Å². The molecule has 0 radical (unpaired) electrons. The molecule has 1 fully saturated rings. The van der Waals surface area contributed by atoms with Crippen molar-refractivity contribution in [1.29, 1.82) is 0 Å². The number of rotatable bonds is 10. The summed E-state index contributed by atoms with van der Waals surface area (Å²) in [4.78, 5) is 43.3. The Morgan fingerprint density at radius 3 is 1.78 bits per heavy atom. The summed E-state index contributed by atoms with van der Waals surface area (Å²) >= 11 is 0. The fraction of sp³-hybridized carbons (Fsp3) is 0.343. The molecular weight excluding hydrogens is 657 g/mol. The molecule has 0 N–H and O–H groups in total. The van der Waals surface area contributed by atoms with E-state index in [0.717, 1.165) is 73.5 Å². The molecule has 14 nitrogen and oxygen atoms in total. The molecule has 3 aromatic carbocycles. The summed E-state index contributed by atoms with van der Waals surface area (Å²) < 4.78 is 32.2. The van der Waals surface area contributed by atoms with Gasteiger partial charge in [0.05, 0.1) is 56.2 Å². The first-order valence-corrected chi connectivity index (χ1v) is 15.4. The minimum absolute atomic E-state index is 0.227. The molecule has 50 heavy (non-hydrogen) atoms. The number of nitrogens with zero attached hydrogens (tertiary/aromatic N) is 3. The molecule has 0 saturated carbocycles. The summed E-state index contributed by atoms with van der Waals surface area (Å²) in [6.45, 7) is 3.89. The Morgan fingerprint density at radius 1 is 0.760 bits per heavy atom. The van der Waals surface area contributed by atoms with Crippen LogP contribution in [0.4, 0.5) is 4.39 Å². The number of halogens is 1. The smallest absolute Gasteiger partial charge is 0.163 e. The van der Waals surface area contributed by atoms with Gasteiger partial charge in [-0.1, -0.05) is 24.3 Å². The van der Waals surface area contributed by atoms with Gasteiger partial charge in [-0.05, 0) is 73.7 Å². The Morgan fingerprint density at radius 2 is 1.28 bits per heavy atom. The zero-order chi connectivity index (χ0) is 36.8. The normalized spacial score (nSPS) is 12.9. The first-order chi connectivity index (χ1) is 23.8. The van der Waals surface area contributed by atoms with Crippen LogP contribution in [0, 0.1) is 11.7 Å². The van der Waals surface area contributed by atoms with Crippen molar-refractivity contribution in [2.75, 3.05) is 41.0 Å². The molecule has 1 aliphatic rings. The predicted molar refractivity (Wildman–Crippen MR) is 168 cm³/mol. The zero-order valence-electron chi connectivity index (χ0n) is 27.7.